The van der Waals surface area contributed by atoms with Crippen LogP contribution in [0.1, 0.15) is 41.3 Å². The first-order valence-electron chi connectivity index (χ1n) is 12.1. The van der Waals surface area contributed by atoms with Gasteiger partial charge in [-0.1, -0.05) is 30.3 Å². The summed E-state index contributed by atoms with van der Waals surface area (Å²) in [4.78, 5) is 26.1. The lowest BCUT2D eigenvalue weighted by Gasteiger charge is -2.25. The van der Waals surface area contributed by atoms with E-state index >= 15 is 0 Å². The minimum absolute atomic E-state index is 0.0511. The molecule has 1 fully saturated rings. The normalized spacial score (nSPS) is 17.3. The van der Waals surface area contributed by atoms with Gasteiger partial charge in [-0.3, -0.25) is 9.59 Å². The van der Waals surface area contributed by atoms with Gasteiger partial charge >= 0.3 is 0 Å². The van der Waals surface area contributed by atoms with Crippen molar-refractivity contribution in [2.24, 2.45) is 5.41 Å². The first kappa shape index (κ1) is 26.3. The molecule has 4 rings (SSSR count). The lowest BCUT2D eigenvalue weighted by molar-refractivity contribution is -0.131. The first-order chi connectivity index (χ1) is 17.7. The molecule has 1 atom stereocenters. The summed E-state index contributed by atoms with van der Waals surface area (Å²) in [6.07, 6.45) is 0.514. The molecule has 1 aliphatic rings. The summed E-state index contributed by atoms with van der Waals surface area (Å²) in [6.45, 7) is 1.74. The van der Waals surface area contributed by atoms with Crippen LogP contribution in [-0.4, -0.2) is 32.0 Å². The van der Waals surface area contributed by atoms with E-state index in [2.05, 4.69) is 10.6 Å². The first-order valence-corrected chi connectivity index (χ1v) is 12.1. The Kier molecular flexibility index (Phi) is 7.88. The number of anilines is 2. The van der Waals surface area contributed by atoms with E-state index < -0.39 is 11.3 Å². The fourth-order valence-electron chi connectivity index (χ4n) is 4.40. The van der Waals surface area contributed by atoms with Crippen molar-refractivity contribution in [2.45, 2.75) is 32.2 Å². The zero-order valence-electron chi connectivity index (χ0n) is 20.9. The third-order valence-corrected chi connectivity index (χ3v) is 6.58. The molecule has 0 aromatic heterocycles. The Bertz CT molecular complexity index is 1230. The van der Waals surface area contributed by atoms with E-state index in [9.17, 15) is 18.4 Å². The summed E-state index contributed by atoms with van der Waals surface area (Å²) < 4.78 is 38.5. The Morgan fingerprint density at radius 3 is 2.35 bits per heavy atom. The number of hydrogen-bond donors (Lipinski definition) is 2. The van der Waals surface area contributed by atoms with Crippen molar-refractivity contribution >= 4 is 23.1 Å². The lowest BCUT2D eigenvalue weighted by Crippen LogP contribution is -2.42. The summed E-state index contributed by atoms with van der Waals surface area (Å²) in [6, 6.07) is 20.3. The maximum atomic E-state index is 13.9. The molecule has 1 saturated heterocycles. The number of para-hydroxylation sites is 1. The third-order valence-electron chi connectivity index (χ3n) is 6.58. The minimum atomic E-state index is -2.97. The molecule has 0 radical (unpaired) electrons. The highest BCUT2D eigenvalue weighted by molar-refractivity contribution is 6.00. The van der Waals surface area contributed by atoms with E-state index in [1.165, 1.54) is 6.07 Å². The van der Waals surface area contributed by atoms with Gasteiger partial charge in [0.15, 0.2) is 5.78 Å². The van der Waals surface area contributed by atoms with E-state index in [4.69, 9.17) is 9.47 Å². The highest BCUT2D eigenvalue weighted by Gasteiger charge is 2.44. The van der Waals surface area contributed by atoms with Crippen molar-refractivity contribution in [1.82, 2.24) is 5.32 Å². The molecule has 3 aromatic rings. The highest BCUT2D eigenvalue weighted by Crippen LogP contribution is 2.35. The summed E-state index contributed by atoms with van der Waals surface area (Å²) in [5.74, 6) is -2.67. The number of carbonyl (C=O) groups excluding carboxylic acids is 2. The van der Waals surface area contributed by atoms with Crippen LogP contribution in [0.25, 0.3) is 0 Å². The maximum Gasteiger partial charge on any atom is 0.272 e. The van der Waals surface area contributed by atoms with Crippen LogP contribution in [0.4, 0.5) is 20.2 Å². The molecule has 8 heteroatoms. The number of hydrogen-bond acceptors (Lipinski definition) is 5. The summed E-state index contributed by atoms with van der Waals surface area (Å²) in [7, 11) is 1.56. The lowest BCUT2D eigenvalue weighted by atomic mass is 9.80. The van der Waals surface area contributed by atoms with Crippen LogP contribution >= 0.6 is 0 Å². The molecular formula is C29H30F2N2O4. The number of Topliss-reactive ketones (excluding diaryl/α,β-unsaturated/α-hetero) is 1. The number of rotatable bonds is 10. The third kappa shape index (κ3) is 6.32. The van der Waals surface area contributed by atoms with Crippen molar-refractivity contribution in [2.75, 3.05) is 25.6 Å². The Morgan fingerprint density at radius 2 is 1.73 bits per heavy atom. The Morgan fingerprint density at radius 1 is 1.03 bits per heavy atom. The van der Waals surface area contributed by atoms with Gasteiger partial charge in [-0.15, -0.1) is 0 Å². The molecular weight excluding hydrogens is 478 g/mol. The fourth-order valence-corrected chi connectivity index (χ4v) is 4.40. The Labute approximate surface area is 215 Å². The number of halogens is 2. The number of ether oxygens (including phenoxy) is 2. The van der Waals surface area contributed by atoms with Crippen LogP contribution in [0.3, 0.4) is 0 Å². The Hall–Kier alpha value is -3.78. The molecule has 0 spiro atoms. The van der Waals surface area contributed by atoms with Gasteiger partial charge in [0.1, 0.15) is 5.75 Å². The standard InChI is InChI=1S/C29H30F2N2O4/c1-28(30,31)24-5-3-4-6-25(24)33-22-11-7-20(8-12-22)18-32-27(35)29(15-16-37-19-29)17-26(34)21-9-13-23(36-2)14-10-21/h3-14,33H,15-19H2,1-2H3,(H,32,35)/t29-/m0/s1. The molecule has 0 aliphatic carbocycles. The number of benzene rings is 3. The fraction of sp³-hybridized carbons (Fsp3) is 0.310. The predicted molar refractivity (Wildman–Crippen MR) is 137 cm³/mol. The zero-order chi connectivity index (χ0) is 26.5. The van der Waals surface area contributed by atoms with Gasteiger partial charge in [0.05, 0.1) is 19.1 Å². The summed E-state index contributed by atoms with van der Waals surface area (Å²) in [5.41, 5.74) is 1.33. The van der Waals surface area contributed by atoms with E-state index in [0.29, 0.717) is 35.7 Å². The van der Waals surface area contributed by atoms with Crippen molar-refractivity contribution in [3.63, 3.8) is 0 Å². The molecule has 0 unspecified atom stereocenters. The van der Waals surface area contributed by atoms with E-state index in [1.54, 1.807) is 61.7 Å². The average Bonchev–Trinajstić information content (AvgIpc) is 3.37. The smallest absolute Gasteiger partial charge is 0.272 e. The van der Waals surface area contributed by atoms with Crippen molar-refractivity contribution in [3.8, 4) is 5.75 Å². The second-order valence-electron chi connectivity index (χ2n) is 9.35. The average molecular weight is 509 g/mol. The zero-order valence-corrected chi connectivity index (χ0v) is 20.9. The minimum Gasteiger partial charge on any atom is -0.497 e. The van der Waals surface area contributed by atoms with Crippen LogP contribution in [0.15, 0.2) is 72.8 Å². The highest BCUT2D eigenvalue weighted by atomic mass is 19.3. The molecule has 1 amide bonds. The molecule has 0 bridgehead atoms. The molecule has 6 nitrogen and oxygen atoms in total. The van der Waals surface area contributed by atoms with Gasteiger partial charge in [-0.2, -0.15) is 0 Å². The van der Waals surface area contributed by atoms with Crippen molar-refractivity contribution in [3.05, 3.63) is 89.5 Å². The molecule has 2 N–H and O–H groups in total. The van der Waals surface area contributed by atoms with Gasteiger partial charge in [-0.25, -0.2) is 8.78 Å². The number of carbonyl (C=O) groups is 2. The predicted octanol–water partition coefficient (Wildman–Crippen LogP) is 5.85. The van der Waals surface area contributed by atoms with E-state index in [0.717, 1.165) is 12.5 Å². The molecule has 1 aliphatic heterocycles. The van der Waals surface area contributed by atoms with Crippen molar-refractivity contribution < 1.29 is 27.8 Å². The number of ketones is 1. The van der Waals surface area contributed by atoms with Crippen LogP contribution in [0, 0.1) is 5.41 Å². The Balaban J connectivity index is 1.38. The number of methoxy groups -OCH3 is 1. The van der Waals surface area contributed by atoms with Crippen LogP contribution in [0.5, 0.6) is 5.75 Å². The molecule has 37 heavy (non-hydrogen) atoms. The largest absolute Gasteiger partial charge is 0.497 e. The molecule has 0 saturated carbocycles. The molecule has 3 aromatic carbocycles. The van der Waals surface area contributed by atoms with Gasteiger partial charge in [0.2, 0.25) is 5.91 Å². The van der Waals surface area contributed by atoms with Crippen LogP contribution in [-0.2, 0) is 22.0 Å². The number of amides is 1. The van der Waals surface area contributed by atoms with Gasteiger partial charge in [0, 0.05) is 49.0 Å². The monoisotopic (exact) mass is 508 g/mol. The van der Waals surface area contributed by atoms with Crippen molar-refractivity contribution in [1.29, 1.82) is 0 Å². The van der Waals surface area contributed by atoms with Gasteiger partial charge < -0.3 is 20.1 Å². The van der Waals surface area contributed by atoms with Crippen LogP contribution < -0.4 is 15.4 Å². The van der Waals surface area contributed by atoms with Gasteiger partial charge in [0.25, 0.3) is 5.92 Å². The summed E-state index contributed by atoms with van der Waals surface area (Å²) >= 11 is 0. The maximum absolute atomic E-state index is 13.9. The molecule has 194 valence electrons. The SMILES string of the molecule is COc1ccc(C(=O)C[C@@]2(C(=O)NCc3ccc(Nc4ccccc4C(C)(F)F)cc3)CCOC2)cc1. The quantitative estimate of drug-likeness (QED) is 0.336. The number of nitrogens with one attached hydrogen (secondary N) is 2. The van der Waals surface area contributed by atoms with E-state index in [-0.39, 0.29) is 36.8 Å². The number of alkyl halides is 2. The van der Waals surface area contributed by atoms with E-state index in [1.807, 2.05) is 12.1 Å². The topological polar surface area (TPSA) is 76.7 Å². The second-order valence-corrected chi connectivity index (χ2v) is 9.35. The van der Waals surface area contributed by atoms with Crippen LogP contribution in [0.2, 0.25) is 0 Å². The molecule has 1 heterocycles. The van der Waals surface area contributed by atoms with Gasteiger partial charge in [-0.05, 0) is 54.4 Å². The second kappa shape index (κ2) is 11.1. The summed E-state index contributed by atoms with van der Waals surface area (Å²) in [5, 5.41) is 5.98.